The van der Waals surface area contributed by atoms with Crippen molar-refractivity contribution in [1.82, 2.24) is 4.90 Å². The van der Waals surface area contributed by atoms with Crippen LogP contribution >= 0.6 is 0 Å². The maximum absolute atomic E-state index is 10.6. The molecule has 1 aromatic heterocycles. The van der Waals surface area contributed by atoms with Crippen molar-refractivity contribution < 1.29 is 44.2 Å². The average Bonchev–Trinajstić information content (AvgIpc) is 2.67. The number of hydrogen-bond donors (Lipinski definition) is 0. The third-order valence-corrected chi connectivity index (χ3v) is 5.29. The fourth-order valence-corrected chi connectivity index (χ4v) is 3.60. The predicted molar refractivity (Wildman–Crippen MR) is 110 cm³/mol. The Morgan fingerprint density at radius 1 is 0.966 bits per heavy atom. The smallest absolute Gasteiger partial charge is 0.262 e. The van der Waals surface area contributed by atoms with Crippen molar-refractivity contribution in [3.63, 3.8) is 0 Å². The van der Waals surface area contributed by atoms with Gasteiger partial charge in [0.05, 0.1) is 13.1 Å². The first kappa shape index (κ1) is 24.3. The Kier molecular flexibility index (Phi) is 9.11. The Hall–Kier alpha value is -0.980. The average molecular weight is 635 g/mol. The van der Waals surface area contributed by atoms with Gasteiger partial charge in [-0.3, -0.25) is 0 Å². The van der Waals surface area contributed by atoms with Crippen LogP contribution in [-0.4, -0.2) is 48.8 Å². The van der Waals surface area contributed by atoms with E-state index in [0.29, 0.717) is 0 Å². The molecule has 2 heterocycles. The fraction of sp³-hybridized carbons (Fsp3) is 0.278. The van der Waals surface area contributed by atoms with Gasteiger partial charge in [-0.05, 0) is 23.3 Å². The van der Waals surface area contributed by atoms with Crippen LogP contribution in [0.5, 0.6) is 5.75 Å². The Morgan fingerprint density at radius 3 is 1.97 bits per heavy atom. The molecule has 161 valence electrons. The summed E-state index contributed by atoms with van der Waals surface area (Å²) in [6.07, 6.45) is 7.84. The zero-order valence-electron chi connectivity index (χ0n) is 15.2. The van der Waals surface area contributed by atoms with Crippen molar-refractivity contribution in [2.75, 3.05) is 31.2 Å². The van der Waals surface area contributed by atoms with Crippen LogP contribution in [0.1, 0.15) is 11.1 Å². The van der Waals surface area contributed by atoms with Gasteiger partial charge in [-0.1, -0.05) is 29.0 Å². The van der Waals surface area contributed by atoms with Crippen LogP contribution in [0.2, 0.25) is 0 Å². The molecule has 1 aliphatic rings. The van der Waals surface area contributed by atoms with Crippen molar-refractivity contribution in [2.24, 2.45) is 0 Å². The van der Waals surface area contributed by atoms with E-state index < -0.39 is 10.4 Å². The molecular weight excluding hydrogens is 615 g/mol. The third-order valence-electron chi connectivity index (χ3n) is 4.30. The van der Waals surface area contributed by atoms with E-state index in [4.69, 9.17) is 25.3 Å². The molecule has 0 N–H and O–H groups in total. The molecule has 0 spiro atoms. The van der Waals surface area contributed by atoms with E-state index in [1.807, 2.05) is 36.7 Å². The van der Waals surface area contributed by atoms with Crippen LogP contribution in [0.15, 0.2) is 48.8 Å². The molecular formula is C18H19AuN3O4S3-2. The van der Waals surface area contributed by atoms with E-state index in [2.05, 4.69) is 18.8 Å². The first-order chi connectivity index (χ1) is 13.3. The van der Waals surface area contributed by atoms with E-state index in [9.17, 15) is 13.0 Å². The van der Waals surface area contributed by atoms with Crippen LogP contribution in [0.25, 0.3) is 12.2 Å². The first-order valence-corrected chi connectivity index (χ1v) is 10.8. The van der Waals surface area contributed by atoms with Crippen LogP contribution in [0.4, 0.5) is 0 Å². The number of pyridine rings is 1. The minimum atomic E-state index is -4.75. The van der Waals surface area contributed by atoms with Crippen LogP contribution < -0.4 is 13.9 Å². The second-order valence-electron chi connectivity index (χ2n) is 6.20. The number of hydrogen-bond acceptors (Lipinski definition) is 8. The summed E-state index contributed by atoms with van der Waals surface area (Å²) in [5.74, 6) is -0.00796. The van der Waals surface area contributed by atoms with E-state index in [1.54, 1.807) is 12.1 Å². The summed E-state index contributed by atoms with van der Waals surface area (Å²) in [6.45, 7) is 3.47. The molecule has 7 nitrogen and oxygen atoms in total. The SMILES string of the molecule is O=S(=O)([O-])Oc1ccc(/C=C/c2cc[n+](N3CCN(C([S-])[S-])CC3)cc2)cc1.[Au]. The van der Waals surface area contributed by atoms with Crippen LogP contribution in [0, 0.1) is 0 Å². The molecule has 1 saturated heterocycles. The molecule has 0 unspecified atom stereocenters. The number of piperazine rings is 1. The van der Waals surface area contributed by atoms with Gasteiger partial charge in [-0.2, -0.15) is 5.01 Å². The van der Waals surface area contributed by atoms with Gasteiger partial charge < -0.3 is 38.9 Å². The van der Waals surface area contributed by atoms with Crippen molar-refractivity contribution in [3.05, 3.63) is 59.9 Å². The van der Waals surface area contributed by atoms with Gasteiger partial charge in [0.2, 0.25) is 0 Å². The number of benzene rings is 1. The van der Waals surface area contributed by atoms with Crippen molar-refractivity contribution in [2.45, 2.75) is 4.71 Å². The maximum atomic E-state index is 10.6. The van der Waals surface area contributed by atoms with Crippen molar-refractivity contribution in [1.29, 1.82) is 0 Å². The van der Waals surface area contributed by atoms with Gasteiger partial charge in [-0.15, -0.1) is 0 Å². The second-order valence-corrected chi connectivity index (χ2v) is 8.38. The van der Waals surface area contributed by atoms with Crippen molar-refractivity contribution >= 4 is 47.8 Å². The second kappa shape index (κ2) is 10.9. The molecule has 0 aliphatic carbocycles. The van der Waals surface area contributed by atoms with E-state index in [0.717, 1.165) is 37.3 Å². The molecule has 0 atom stereocenters. The molecule has 2 aromatic rings. The summed E-state index contributed by atoms with van der Waals surface area (Å²) >= 11 is 10.3. The fourth-order valence-electron chi connectivity index (χ4n) is 2.83. The molecule has 1 aromatic carbocycles. The molecule has 29 heavy (non-hydrogen) atoms. The Balaban J connectivity index is 0.00000300. The van der Waals surface area contributed by atoms with Gasteiger partial charge in [0.25, 0.3) is 10.4 Å². The topological polar surface area (TPSA) is 76.8 Å². The minimum absolute atomic E-state index is 0. The molecule has 1 aliphatic heterocycles. The molecule has 0 saturated carbocycles. The maximum Gasteiger partial charge on any atom is 0.262 e. The molecule has 1 radical (unpaired) electrons. The minimum Gasteiger partial charge on any atom is -0.800 e. The summed E-state index contributed by atoms with van der Waals surface area (Å²) in [5.41, 5.74) is 1.87. The van der Waals surface area contributed by atoms with E-state index in [1.165, 1.54) is 12.1 Å². The monoisotopic (exact) mass is 634 g/mol. The summed E-state index contributed by atoms with van der Waals surface area (Å²) in [4.78, 5) is 2.11. The van der Waals surface area contributed by atoms with Crippen molar-refractivity contribution in [3.8, 4) is 5.75 Å². The molecule has 0 amide bonds. The summed E-state index contributed by atoms with van der Waals surface area (Å²) in [5, 5.41) is 2.24. The molecule has 1 fully saturated rings. The van der Waals surface area contributed by atoms with Gasteiger partial charge >= 0.3 is 0 Å². The third kappa shape index (κ3) is 7.65. The molecule has 11 heteroatoms. The van der Waals surface area contributed by atoms with Gasteiger partial charge in [-0.25, -0.2) is 13.1 Å². The summed E-state index contributed by atoms with van der Waals surface area (Å²) in [6, 6.07) is 10.2. The zero-order chi connectivity index (χ0) is 20.1. The Labute approximate surface area is 197 Å². The van der Waals surface area contributed by atoms with Crippen LogP contribution in [-0.2, 0) is 58.0 Å². The Bertz CT molecular complexity index is 914. The largest absolute Gasteiger partial charge is 0.800 e. The quantitative estimate of drug-likeness (QED) is 0.151. The molecule has 0 bridgehead atoms. The van der Waals surface area contributed by atoms with Gasteiger partial charge in [0.15, 0.2) is 12.4 Å². The first-order valence-electron chi connectivity index (χ1n) is 8.56. The van der Waals surface area contributed by atoms with Gasteiger partial charge in [0, 0.05) is 47.6 Å². The predicted octanol–water partition coefficient (Wildman–Crippen LogP) is 0.612. The number of nitrogens with zero attached hydrogens (tertiary/aromatic N) is 3. The summed E-state index contributed by atoms with van der Waals surface area (Å²) < 4.78 is 37.8. The molecule has 3 rings (SSSR count). The van der Waals surface area contributed by atoms with E-state index >= 15 is 0 Å². The standard InChI is InChI=1S/C18H21N3O4S3.Au/c22-28(23,24)25-17-5-3-15(4-6-17)1-2-16-7-9-20(10-8-16)21-13-11-19(12-14-21)18(26)27;/h1-10,18H,11-14H2,(H2-,22,23,24,26,27);/p-2/b2-1+;. The normalized spacial score (nSPS) is 15.5. The Morgan fingerprint density at radius 2 is 1.48 bits per heavy atom. The number of aromatic nitrogens is 1. The summed E-state index contributed by atoms with van der Waals surface area (Å²) in [7, 11) is -4.75. The van der Waals surface area contributed by atoms with Crippen LogP contribution in [0.3, 0.4) is 0 Å². The van der Waals surface area contributed by atoms with Gasteiger partial charge in [0.1, 0.15) is 5.75 Å². The number of rotatable bonds is 6. The van der Waals surface area contributed by atoms with E-state index in [-0.39, 0.29) is 32.8 Å². The zero-order valence-corrected chi connectivity index (χ0v) is 19.8.